The van der Waals surface area contributed by atoms with Crippen molar-refractivity contribution < 1.29 is 14.3 Å². The zero-order valence-electron chi connectivity index (χ0n) is 8.83. The number of alkyl halides is 1. The van der Waals surface area contributed by atoms with E-state index >= 15 is 0 Å². The van der Waals surface area contributed by atoms with Gasteiger partial charge in [-0.1, -0.05) is 46.9 Å². The van der Waals surface area contributed by atoms with Gasteiger partial charge in [0.15, 0.2) is 9.20 Å². The molecule has 0 amide bonds. The Balaban J connectivity index is 2.45. The van der Waals surface area contributed by atoms with Gasteiger partial charge < -0.3 is 4.74 Å². The van der Waals surface area contributed by atoms with Crippen LogP contribution in [0.2, 0.25) is 0 Å². The van der Waals surface area contributed by atoms with E-state index in [1.165, 1.54) is 7.11 Å². The molecule has 1 aromatic carbocycles. The largest absolute Gasteiger partial charge is 0.468 e. The number of ketones is 1. The summed E-state index contributed by atoms with van der Waals surface area (Å²) in [6.45, 7) is 0. The Bertz CT molecular complexity index is 455. The maximum atomic E-state index is 12.2. The predicted molar refractivity (Wildman–Crippen MR) is 67.9 cm³/mol. The maximum Gasteiger partial charge on any atom is 0.329 e. The van der Waals surface area contributed by atoms with Crippen molar-refractivity contribution in [2.45, 2.75) is 16.3 Å². The molecule has 1 aliphatic rings. The predicted octanol–water partition coefficient (Wildman–Crippen LogP) is 2.16. The molecule has 1 atom stereocenters. The quantitative estimate of drug-likeness (QED) is 0.343. The summed E-state index contributed by atoms with van der Waals surface area (Å²) in [7, 11) is 1.32. The highest BCUT2D eigenvalue weighted by atomic mass is 127. The van der Waals surface area contributed by atoms with Gasteiger partial charge in [0.1, 0.15) is 0 Å². The number of rotatable bonds is 1. The number of hydrogen-bond donors (Lipinski definition) is 0. The highest BCUT2D eigenvalue weighted by Crippen LogP contribution is 2.36. The molecule has 16 heavy (non-hydrogen) atoms. The molecule has 0 radical (unpaired) electrons. The van der Waals surface area contributed by atoms with Gasteiger partial charge in [0.05, 0.1) is 7.11 Å². The third-order valence-electron chi connectivity index (χ3n) is 2.87. The Labute approximate surface area is 107 Å². The molecule has 0 N–H and O–H groups in total. The van der Waals surface area contributed by atoms with E-state index in [0.717, 1.165) is 12.0 Å². The number of carbonyl (C=O) groups excluding carboxylic acids is 2. The fourth-order valence-corrected chi connectivity index (χ4v) is 2.73. The van der Waals surface area contributed by atoms with Crippen LogP contribution < -0.4 is 0 Å². The zero-order valence-corrected chi connectivity index (χ0v) is 11.0. The zero-order chi connectivity index (χ0) is 11.8. The van der Waals surface area contributed by atoms with Gasteiger partial charge in [-0.2, -0.15) is 0 Å². The minimum absolute atomic E-state index is 0.137. The van der Waals surface area contributed by atoms with Crippen LogP contribution in [0.5, 0.6) is 0 Å². The maximum absolute atomic E-state index is 12.2. The molecule has 0 heterocycles. The number of fused-ring (bicyclic) bond motifs is 1. The number of benzene rings is 1. The molecule has 0 spiro atoms. The summed E-state index contributed by atoms with van der Waals surface area (Å²) < 4.78 is 3.67. The van der Waals surface area contributed by atoms with Crippen molar-refractivity contribution in [2.75, 3.05) is 7.11 Å². The molecule has 1 aliphatic carbocycles. The number of hydrogen-bond acceptors (Lipinski definition) is 3. The summed E-state index contributed by atoms with van der Waals surface area (Å²) in [6.07, 6.45) is 1.25. The number of carbonyl (C=O) groups is 2. The average Bonchev–Trinajstić information content (AvgIpc) is 2.33. The normalized spacial score (nSPS) is 23.8. The summed E-state index contributed by atoms with van der Waals surface area (Å²) in [5, 5.41) is 0. The van der Waals surface area contributed by atoms with Crippen molar-refractivity contribution in [3.63, 3.8) is 0 Å². The Kier molecular flexibility index (Phi) is 3.01. The monoisotopic (exact) mass is 330 g/mol. The first-order valence-corrected chi connectivity index (χ1v) is 6.07. The van der Waals surface area contributed by atoms with Crippen LogP contribution in [0.4, 0.5) is 0 Å². The van der Waals surface area contributed by atoms with Crippen LogP contribution in [0.15, 0.2) is 24.3 Å². The second-order valence-electron chi connectivity index (χ2n) is 3.78. The van der Waals surface area contributed by atoms with Gasteiger partial charge in [-0.15, -0.1) is 0 Å². The average molecular weight is 330 g/mol. The van der Waals surface area contributed by atoms with Crippen molar-refractivity contribution in [1.29, 1.82) is 0 Å². The molecule has 0 aromatic heterocycles. The second kappa shape index (κ2) is 4.16. The number of esters is 1. The van der Waals surface area contributed by atoms with Gasteiger partial charge in [0.2, 0.25) is 0 Å². The van der Waals surface area contributed by atoms with Crippen molar-refractivity contribution in [1.82, 2.24) is 0 Å². The lowest BCUT2D eigenvalue weighted by molar-refractivity contribution is -0.141. The van der Waals surface area contributed by atoms with Crippen LogP contribution in [0, 0.1) is 0 Å². The second-order valence-corrected chi connectivity index (χ2v) is 5.62. The van der Waals surface area contributed by atoms with Crippen LogP contribution in [-0.4, -0.2) is 22.3 Å². The smallest absolute Gasteiger partial charge is 0.329 e. The van der Waals surface area contributed by atoms with Gasteiger partial charge >= 0.3 is 5.97 Å². The molecule has 0 aliphatic heterocycles. The molecule has 0 fully saturated rings. The van der Waals surface area contributed by atoms with Crippen molar-refractivity contribution in [3.8, 4) is 0 Å². The van der Waals surface area contributed by atoms with Crippen LogP contribution in [0.1, 0.15) is 22.3 Å². The fraction of sp³-hybridized carbons (Fsp3) is 0.333. The number of aryl methyl sites for hydroxylation is 1. The molecular weight excluding hydrogens is 319 g/mol. The fourth-order valence-electron chi connectivity index (χ4n) is 1.95. The van der Waals surface area contributed by atoms with E-state index < -0.39 is 9.39 Å². The molecule has 0 saturated heterocycles. The third-order valence-corrected chi connectivity index (χ3v) is 4.34. The van der Waals surface area contributed by atoms with E-state index in [1.54, 1.807) is 6.07 Å². The molecule has 4 heteroatoms. The lowest BCUT2D eigenvalue weighted by Crippen LogP contribution is -2.44. The van der Waals surface area contributed by atoms with E-state index in [1.807, 2.05) is 40.8 Å². The van der Waals surface area contributed by atoms with E-state index in [9.17, 15) is 9.59 Å². The standard InChI is InChI=1S/C12H11IO3/c1-16-11(15)12(13)7-6-8-4-2-3-5-9(8)10(12)14/h2-5H,6-7H2,1H3. The summed E-state index contributed by atoms with van der Waals surface area (Å²) in [5.74, 6) is -0.589. The Morgan fingerprint density at radius 1 is 1.44 bits per heavy atom. The first kappa shape index (κ1) is 11.6. The lowest BCUT2D eigenvalue weighted by Gasteiger charge is -2.28. The molecule has 2 rings (SSSR count). The minimum atomic E-state index is -1.04. The van der Waals surface area contributed by atoms with Gasteiger partial charge in [0.25, 0.3) is 0 Å². The van der Waals surface area contributed by atoms with Gasteiger partial charge in [-0.3, -0.25) is 9.59 Å². The molecular formula is C12H11IO3. The Morgan fingerprint density at radius 2 is 2.12 bits per heavy atom. The van der Waals surface area contributed by atoms with Crippen molar-refractivity contribution in [3.05, 3.63) is 35.4 Å². The first-order valence-electron chi connectivity index (χ1n) is 4.99. The van der Waals surface area contributed by atoms with Crippen LogP contribution in [-0.2, 0) is 16.0 Å². The van der Waals surface area contributed by atoms with Gasteiger partial charge in [-0.25, -0.2) is 0 Å². The van der Waals surface area contributed by atoms with Crippen molar-refractivity contribution in [2.24, 2.45) is 0 Å². The lowest BCUT2D eigenvalue weighted by atomic mass is 9.83. The highest BCUT2D eigenvalue weighted by Gasteiger charge is 2.47. The summed E-state index contributed by atoms with van der Waals surface area (Å²) in [6, 6.07) is 7.43. The molecule has 84 valence electrons. The Hall–Kier alpha value is -0.910. The first-order chi connectivity index (χ1) is 7.59. The van der Waals surface area contributed by atoms with Gasteiger partial charge in [0, 0.05) is 5.56 Å². The SMILES string of the molecule is COC(=O)C1(I)CCc2ccccc2C1=O. The molecule has 1 aromatic rings. The van der Waals surface area contributed by atoms with Gasteiger partial charge in [-0.05, 0) is 18.4 Å². The number of halogens is 1. The third kappa shape index (κ3) is 1.65. The summed E-state index contributed by atoms with van der Waals surface area (Å²) in [5.41, 5.74) is 1.66. The molecule has 3 nitrogen and oxygen atoms in total. The van der Waals surface area contributed by atoms with Crippen molar-refractivity contribution >= 4 is 34.3 Å². The number of Topliss-reactive ketones (excluding diaryl/α,β-unsaturated/α-hetero) is 1. The van der Waals surface area contributed by atoms with E-state index in [4.69, 9.17) is 4.74 Å². The van der Waals surface area contributed by atoms with Crippen LogP contribution >= 0.6 is 22.6 Å². The van der Waals surface area contributed by atoms with E-state index in [0.29, 0.717) is 12.0 Å². The molecule has 0 saturated carbocycles. The molecule has 1 unspecified atom stereocenters. The molecule has 0 bridgehead atoms. The number of ether oxygens (including phenoxy) is 1. The van der Waals surface area contributed by atoms with E-state index in [-0.39, 0.29) is 5.78 Å². The van der Waals surface area contributed by atoms with Crippen LogP contribution in [0.25, 0.3) is 0 Å². The number of methoxy groups -OCH3 is 1. The summed E-state index contributed by atoms with van der Waals surface area (Å²) in [4.78, 5) is 23.9. The van der Waals surface area contributed by atoms with Crippen LogP contribution in [0.3, 0.4) is 0 Å². The Morgan fingerprint density at radius 3 is 2.81 bits per heavy atom. The highest BCUT2D eigenvalue weighted by molar-refractivity contribution is 14.1. The van der Waals surface area contributed by atoms with E-state index in [2.05, 4.69) is 0 Å². The topological polar surface area (TPSA) is 43.4 Å². The summed E-state index contributed by atoms with van der Waals surface area (Å²) >= 11 is 1.91. The minimum Gasteiger partial charge on any atom is -0.468 e.